The predicted molar refractivity (Wildman–Crippen MR) is 81.8 cm³/mol. The van der Waals surface area contributed by atoms with Crippen LogP contribution in [0.4, 0.5) is 15.8 Å². The fourth-order valence-electron chi connectivity index (χ4n) is 2.88. The van der Waals surface area contributed by atoms with Crippen molar-refractivity contribution in [2.45, 2.75) is 12.5 Å². The quantitative estimate of drug-likeness (QED) is 0.640. The lowest BCUT2D eigenvalue weighted by atomic mass is 9.96. The summed E-state index contributed by atoms with van der Waals surface area (Å²) in [5, 5.41) is 15.4. The Labute approximate surface area is 132 Å². The Morgan fingerprint density at radius 1 is 1.48 bits per heavy atom. The molecule has 0 amide bonds. The molecule has 3 rings (SSSR count). The maximum atomic E-state index is 13.9. The average Bonchev–Trinajstić information content (AvgIpc) is 2.94. The minimum Gasteiger partial charge on any atom is -0.367 e. The van der Waals surface area contributed by atoms with Crippen molar-refractivity contribution < 1.29 is 14.1 Å². The van der Waals surface area contributed by atoms with Crippen molar-refractivity contribution in [3.8, 4) is 0 Å². The molecule has 1 aliphatic heterocycles. The van der Waals surface area contributed by atoms with Crippen LogP contribution in [0.2, 0.25) is 0 Å². The second-order valence-electron chi connectivity index (χ2n) is 5.77. The van der Waals surface area contributed by atoms with Gasteiger partial charge in [-0.05, 0) is 19.1 Å². The Morgan fingerprint density at radius 2 is 2.26 bits per heavy atom. The normalized spacial score (nSPS) is 21.4. The van der Waals surface area contributed by atoms with Crippen LogP contribution in [0.1, 0.15) is 12.5 Å². The highest BCUT2D eigenvalue weighted by molar-refractivity contribution is 5.64. The van der Waals surface area contributed by atoms with E-state index in [9.17, 15) is 14.5 Å². The number of para-hydroxylation sites is 1. The van der Waals surface area contributed by atoms with E-state index in [2.05, 4.69) is 5.10 Å². The molecule has 1 unspecified atom stereocenters. The number of morpholine rings is 1. The fourth-order valence-corrected chi connectivity index (χ4v) is 2.88. The first-order valence-corrected chi connectivity index (χ1v) is 7.22. The second-order valence-corrected chi connectivity index (χ2v) is 5.77. The molecule has 1 fully saturated rings. The van der Waals surface area contributed by atoms with E-state index in [0.29, 0.717) is 19.7 Å². The van der Waals surface area contributed by atoms with Gasteiger partial charge in [0.2, 0.25) is 5.82 Å². The van der Waals surface area contributed by atoms with Gasteiger partial charge in [-0.15, -0.1) is 0 Å². The molecular formula is C15H17FN4O3. The fraction of sp³-hybridized carbons (Fsp3) is 0.400. The van der Waals surface area contributed by atoms with Crippen LogP contribution in [-0.4, -0.2) is 34.4 Å². The Kier molecular flexibility index (Phi) is 3.77. The number of benzene rings is 1. The van der Waals surface area contributed by atoms with Crippen molar-refractivity contribution in [3.63, 3.8) is 0 Å². The number of rotatable bonds is 3. The van der Waals surface area contributed by atoms with Crippen molar-refractivity contribution in [2.24, 2.45) is 7.05 Å². The number of nitro groups is 1. The van der Waals surface area contributed by atoms with Crippen LogP contribution in [0.15, 0.2) is 30.6 Å². The topological polar surface area (TPSA) is 73.4 Å². The number of halogens is 1. The van der Waals surface area contributed by atoms with E-state index in [1.165, 1.54) is 6.07 Å². The number of hydrogen-bond acceptors (Lipinski definition) is 5. The minimum atomic E-state index is -0.831. The van der Waals surface area contributed by atoms with Crippen LogP contribution in [-0.2, 0) is 17.4 Å². The monoisotopic (exact) mass is 320 g/mol. The van der Waals surface area contributed by atoms with Crippen molar-refractivity contribution in [1.29, 1.82) is 0 Å². The number of hydrogen-bond donors (Lipinski definition) is 0. The van der Waals surface area contributed by atoms with E-state index in [4.69, 9.17) is 4.74 Å². The molecule has 1 saturated heterocycles. The molecule has 8 heteroatoms. The standard InChI is InChI=1S/C15H17FN4O3/c1-15(11-8-17-18(2)9-11)10-19(6-7-23-15)13-5-3-4-12(16)14(13)20(21)22/h3-5,8-9H,6-7,10H2,1-2H3. The van der Waals surface area contributed by atoms with Crippen LogP contribution in [0.25, 0.3) is 0 Å². The van der Waals surface area contributed by atoms with E-state index in [0.717, 1.165) is 11.6 Å². The summed E-state index contributed by atoms with van der Waals surface area (Å²) in [4.78, 5) is 12.3. The first kappa shape index (κ1) is 15.4. The lowest BCUT2D eigenvalue weighted by molar-refractivity contribution is -0.386. The van der Waals surface area contributed by atoms with Crippen LogP contribution >= 0.6 is 0 Å². The maximum Gasteiger partial charge on any atom is 0.327 e. The summed E-state index contributed by atoms with van der Waals surface area (Å²) in [5.74, 6) is -0.831. The Balaban J connectivity index is 1.96. The molecule has 7 nitrogen and oxygen atoms in total. The molecule has 1 atom stereocenters. The number of aryl methyl sites for hydroxylation is 1. The van der Waals surface area contributed by atoms with Gasteiger partial charge in [-0.25, -0.2) is 0 Å². The molecule has 1 aromatic heterocycles. The molecule has 23 heavy (non-hydrogen) atoms. The van der Waals surface area contributed by atoms with Gasteiger partial charge in [0.05, 0.1) is 24.3 Å². The van der Waals surface area contributed by atoms with Crippen LogP contribution < -0.4 is 4.90 Å². The molecule has 0 bridgehead atoms. The van der Waals surface area contributed by atoms with Gasteiger partial charge in [0.15, 0.2) is 0 Å². The van der Waals surface area contributed by atoms with Crippen molar-refractivity contribution in [3.05, 3.63) is 52.1 Å². The van der Waals surface area contributed by atoms with Gasteiger partial charge in [0.25, 0.3) is 0 Å². The minimum absolute atomic E-state index is 0.272. The zero-order chi connectivity index (χ0) is 16.6. The largest absolute Gasteiger partial charge is 0.367 e. The highest BCUT2D eigenvalue weighted by atomic mass is 19.1. The third kappa shape index (κ3) is 2.77. The Hall–Kier alpha value is -2.48. The van der Waals surface area contributed by atoms with Crippen LogP contribution in [0, 0.1) is 15.9 Å². The average molecular weight is 320 g/mol. The number of nitrogens with zero attached hydrogens (tertiary/aromatic N) is 4. The smallest absolute Gasteiger partial charge is 0.327 e. The molecular weight excluding hydrogens is 303 g/mol. The summed E-state index contributed by atoms with van der Waals surface area (Å²) in [7, 11) is 1.81. The molecule has 0 spiro atoms. The Morgan fingerprint density at radius 3 is 2.91 bits per heavy atom. The molecule has 0 saturated carbocycles. The summed E-state index contributed by atoms with van der Waals surface area (Å²) in [6.07, 6.45) is 3.56. The van der Waals surface area contributed by atoms with Gasteiger partial charge in [0.1, 0.15) is 11.3 Å². The molecule has 2 aromatic rings. The Bertz CT molecular complexity index is 748. The SMILES string of the molecule is Cn1cc(C2(C)CN(c3cccc(F)c3[N+](=O)[O-])CCO2)cn1. The van der Waals surface area contributed by atoms with E-state index < -0.39 is 22.0 Å². The van der Waals surface area contributed by atoms with Gasteiger partial charge in [-0.2, -0.15) is 9.49 Å². The van der Waals surface area contributed by atoms with Crippen molar-refractivity contribution in [2.75, 3.05) is 24.6 Å². The summed E-state index contributed by atoms with van der Waals surface area (Å²) in [6.45, 7) is 3.13. The first-order valence-electron chi connectivity index (χ1n) is 7.22. The number of anilines is 1. The summed E-state index contributed by atoms with van der Waals surface area (Å²) in [5.41, 5.74) is -0.00715. The zero-order valence-corrected chi connectivity index (χ0v) is 12.9. The molecule has 2 heterocycles. The van der Waals surface area contributed by atoms with Gasteiger partial charge in [-0.1, -0.05) is 6.07 Å². The molecule has 0 N–H and O–H groups in total. The number of ether oxygens (including phenoxy) is 1. The van der Waals surface area contributed by atoms with E-state index in [1.807, 2.05) is 20.2 Å². The van der Waals surface area contributed by atoms with Gasteiger partial charge in [-0.3, -0.25) is 14.8 Å². The van der Waals surface area contributed by atoms with E-state index in [-0.39, 0.29) is 5.69 Å². The first-order chi connectivity index (χ1) is 10.9. The van der Waals surface area contributed by atoms with Crippen LogP contribution in [0.5, 0.6) is 0 Å². The van der Waals surface area contributed by atoms with Crippen LogP contribution in [0.3, 0.4) is 0 Å². The zero-order valence-electron chi connectivity index (χ0n) is 12.9. The molecule has 122 valence electrons. The third-order valence-corrected chi connectivity index (χ3v) is 4.08. The molecule has 1 aliphatic rings. The van der Waals surface area contributed by atoms with Gasteiger partial charge in [0, 0.05) is 25.4 Å². The van der Waals surface area contributed by atoms with Gasteiger partial charge >= 0.3 is 5.69 Å². The van der Waals surface area contributed by atoms with Crippen molar-refractivity contribution in [1.82, 2.24) is 9.78 Å². The highest BCUT2D eigenvalue weighted by Gasteiger charge is 2.37. The predicted octanol–water partition coefficient (Wildman–Crippen LogP) is 2.22. The third-order valence-electron chi connectivity index (χ3n) is 4.08. The molecule has 0 aliphatic carbocycles. The van der Waals surface area contributed by atoms with E-state index in [1.54, 1.807) is 21.8 Å². The van der Waals surface area contributed by atoms with Crippen molar-refractivity contribution >= 4 is 11.4 Å². The number of nitro benzene ring substituents is 1. The molecule has 1 aromatic carbocycles. The van der Waals surface area contributed by atoms with E-state index >= 15 is 0 Å². The number of aromatic nitrogens is 2. The molecule has 0 radical (unpaired) electrons. The lowest BCUT2D eigenvalue weighted by Crippen LogP contribution is -2.48. The lowest BCUT2D eigenvalue weighted by Gasteiger charge is -2.40. The second kappa shape index (κ2) is 5.62. The summed E-state index contributed by atoms with van der Waals surface area (Å²) in [6, 6.07) is 4.15. The summed E-state index contributed by atoms with van der Waals surface area (Å²) < 4.78 is 21.4. The summed E-state index contributed by atoms with van der Waals surface area (Å²) >= 11 is 0. The highest BCUT2D eigenvalue weighted by Crippen LogP contribution is 2.36. The maximum absolute atomic E-state index is 13.9. The van der Waals surface area contributed by atoms with Gasteiger partial charge < -0.3 is 9.64 Å².